The molecule has 0 aliphatic carbocycles. The number of benzene rings is 11. The molecule has 0 atom stereocenters. The molecule has 0 N–H and O–H groups in total. The zero-order valence-corrected chi connectivity index (χ0v) is 29.6. The molecular weight excluding hydrogens is 649 g/mol. The minimum atomic E-state index is 1.22. The predicted octanol–water partition coefficient (Wildman–Crippen LogP) is 15.3. The largest absolute Gasteiger partial charge is 0.0616 e. The summed E-state index contributed by atoms with van der Waals surface area (Å²) in [4.78, 5) is 0. The summed E-state index contributed by atoms with van der Waals surface area (Å²) in [6.07, 6.45) is 0. The maximum absolute atomic E-state index is 2.42. The van der Waals surface area contributed by atoms with Crippen LogP contribution >= 0.6 is 0 Å². The van der Waals surface area contributed by atoms with E-state index in [0.717, 1.165) is 0 Å². The van der Waals surface area contributed by atoms with Crippen LogP contribution in [-0.2, 0) is 0 Å². The second kappa shape index (κ2) is 12.3. The van der Waals surface area contributed by atoms with Crippen molar-refractivity contribution in [2.24, 2.45) is 0 Å². The van der Waals surface area contributed by atoms with E-state index in [1.54, 1.807) is 0 Å². The molecule has 250 valence electrons. The Morgan fingerprint density at radius 2 is 0.556 bits per heavy atom. The highest BCUT2D eigenvalue weighted by Gasteiger charge is 2.19. The molecular formula is C54H34. The van der Waals surface area contributed by atoms with Crippen molar-refractivity contribution >= 4 is 64.6 Å². The highest BCUT2D eigenvalue weighted by molar-refractivity contribution is 6.25. The molecule has 0 aromatic heterocycles. The van der Waals surface area contributed by atoms with Crippen LogP contribution in [0.2, 0.25) is 0 Å². The minimum absolute atomic E-state index is 1.22. The van der Waals surface area contributed by atoms with Crippen molar-refractivity contribution in [2.75, 3.05) is 0 Å². The zero-order chi connectivity index (χ0) is 35.6. The topological polar surface area (TPSA) is 0 Å². The minimum Gasteiger partial charge on any atom is -0.0616 e. The van der Waals surface area contributed by atoms with Gasteiger partial charge < -0.3 is 0 Å². The fourth-order valence-corrected chi connectivity index (χ4v) is 8.71. The SMILES string of the molecule is c1ccc2cc(-c3ccc(-c4c5cc6ccccc6cc5c(-c5ccc(-c6cccc7ccccc67)cc5)c5cc6ccccc6cc45)cc3)ccc2c1. The third-order valence-corrected chi connectivity index (χ3v) is 11.4. The smallest absolute Gasteiger partial charge is 0.00259 e. The van der Waals surface area contributed by atoms with E-state index in [9.17, 15) is 0 Å². The van der Waals surface area contributed by atoms with Gasteiger partial charge in [-0.25, -0.2) is 0 Å². The fourth-order valence-electron chi connectivity index (χ4n) is 8.71. The molecule has 54 heavy (non-hydrogen) atoms. The van der Waals surface area contributed by atoms with Crippen LogP contribution in [0.1, 0.15) is 0 Å². The lowest BCUT2D eigenvalue weighted by Gasteiger charge is -2.20. The molecule has 0 nitrogen and oxygen atoms in total. The van der Waals surface area contributed by atoms with Gasteiger partial charge in [-0.05, 0) is 139 Å². The Balaban J connectivity index is 1.17. The molecule has 0 radical (unpaired) electrons. The van der Waals surface area contributed by atoms with E-state index >= 15 is 0 Å². The lowest BCUT2D eigenvalue weighted by molar-refractivity contribution is 1.63. The van der Waals surface area contributed by atoms with Crippen LogP contribution in [0.5, 0.6) is 0 Å². The maximum Gasteiger partial charge on any atom is -0.00259 e. The fraction of sp³-hybridized carbons (Fsp3) is 0. The molecule has 0 spiro atoms. The van der Waals surface area contributed by atoms with E-state index in [1.165, 1.54) is 109 Å². The third kappa shape index (κ3) is 4.99. The molecule has 0 unspecified atom stereocenters. The van der Waals surface area contributed by atoms with Gasteiger partial charge in [-0.15, -0.1) is 0 Å². The van der Waals surface area contributed by atoms with Crippen molar-refractivity contribution in [1.29, 1.82) is 0 Å². The van der Waals surface area contributed by atoms with Gasteiger partial charge in [0.15, 0.2) is 0 Å². The van der Waals surface area contributed by atoms with Gasteiger partial charge in [0.1, 0.15) is 0 Å². The summed E-state index contributed by atoms with van der Waals surface area (Å²) < 4.78 is 0. The van der Waals surface area contributed by atoms with Crippen molar-refractivity contribution in [1.82, 2.24) is 0 Å². The molecule has 0 heteroatoms. The molecule has 0 aliphatic rings. The van der Waals surface area contributed by atoms with Crippen LogP contribution in [0.3, 0.4) is 0 Å². The monoisotopic (exact) mass is 682 g/mol. The molecule has 0 aliphatic heterocycles. The Morgan fingerprint density at radius 3 is 1.07 bits per heavy atom. The second-order valence-corrected chi connectivity index (χ2v) is 14.5. The Bertz CT molecular complexity index is 3140. The van der Waals surface area contributed by atoms with E-state index in [4.69, 9.17) is 0 Å². The summed E-state index contributed by atoms with van der Waals surface area (Å²) in [5.41, 5.74) is 9.93. The first-order valence-corrected chi connectivity index (χ1v) is 18.7. The van der Waals surface area contributed by atoms with Gasteiger partial charge in [0.2, 0.25) is 0 Å². The molecule has 0 fully saturated rings. The van der Waals surface area contributed by atoms with Gasteiger partial charge in [-0.2, -0.15) is 0 Å². The summed E-state index contributed by atoms with van der Waals surface area (Å²) in [5.74, 6) is 0. The normalized spacial score (nSPS) is 11.7. The van der Waals surface area contributed by atoms with E-state index in [2.05, 4.69) is 206 Å². The van der Waals surface area contributed by atoms with Crippen LogP contribution in [0.4, 0.5) is 0 Å². The molecule has 0 saturated heterocycles. The Kier molecular flexibility index (Phi) is 6.97. The summed E-state index contributed by atoms with van der Waals surface area (Å²) in [6.45, 7) is 0. The number of hydrogen-bond donors (Lipinski definition) is 0. The Labute approximate surface area is 314 Å². The van der Waals surface area contributed by atoms with Gasteiger partial charge in [0.05, 0.1) is 0 Å². The molecule has 11 rings (SSSR count). The number of hydrogen-bond acceptors (Lipinski definition) is 0. The lowest BCUT2D eigenvalue weighted by atomic mass is 9.83. The van der Waals surface area contributed by atoms with E-state index in [1.807, 2.05) is 0 Å². The van der Waals surface area contributed by atoms with Crippen LogP contribution in [0.25, 0.3) is 109 Å². The van der Waals surface area contributed by atoms with Gasteiger partial charge in [0, 0.05) is 0 Å². The van der Waals surface area contributed by atoms with Gasteiger partial charge in [-0.3, -0.25) is 0 Å². The standard InChI is InChI=1S/C54H34/c1-2-12-41-30-46(29-22-35(41)10-1)36-20-25-39(26-21-36)53-49-31-42-13-3-5-15-44(42)33-51(49)54(52-34-45-16-6-4-14-43(45)32-50(52)53)40-27-23-38(24-28-40)48-19-9-17-37-11-7-8-18-47(37)48/h1-34H. The maximum atomic E-state index is 2.42. The van der Waals surface area contributed by atoms with Gasteiger partial charge in [-0.1, -0.05) is 176 Å². The first-order chi connectivity index (χ1) is 26.7. The van der Waals surface area contributed by atoms with Crippen LogP contribution < -0.4 is 0 Å². The van der Waals surface area contributed by atoms with Crippen molar-refractivity contribution < 1.29 is 0 Å². The average molecular weight is 683 g/mol. The molecule has 0 saturated carbocycles. The Morgan fingerprint density at radius 1 is 0.185 bits per heavy atom. The Hall–Kier alpha value is -7.02. The predicted molar refractivity (Wildman–Crippen MR) is 233 cm³/mol. The molecule has 11 aromatic carbocycles. The van der Waals surface area contributed by atoms with Crippen LogP contribution in [0.15, 0.2) is 206 Å². The highest BCUT2D eigenvalue weighted by atomic mass is 14.2. The second-order valence-electron chi connectivity index (χ2n) is 14.5. The third-order valence-electron chi connectivity index (χ3n) is 11.4. The first kappa shape index (κ1) is 30.6. The number of rotatable bonds is 4. The summed E-state index contributed by atoms with van der Waals surface area (Å²) in [7, 11) is 0. The molecule has 0 amide bonds. The van der Waals surface area contributed by atoms with E-state index in [-0.39, 0.29) is 0 Å². The molecule has 0 heterocycles. The van der Waals surface area contributed by atoms with Crippen molar-refractivity contribution in [2.45, 2.75) is 0 Å². The number of fused-ring (bicyclic) bond motifs is 6. The molecule has 0 bridgehead atoms. The lowest BCUT2D eigenvalue weighted by Crippen LogP contribution is -1.92. The zero-order valence-electron chi connectivity index (χ0n) is 29.6. The first-order valence-electron chi connectivity index (χ1n) is 18.7. The summed E-state index contributed by atoms with van der Waals surface area (Å²) in [6, 6.07) is 76.3. The highest BCUT2D eigenvalue weighted by Crippen LogP contribution is 2.47. The van der Waals surface area contributed by atoms with E-state index in [0.29, 0.717) is 0 Å². The molecule has 11 aromatic rings. The van der Waals surface area contributed by atoms with Crippen molar-refractivity contribution in [3.63, 3.8) is 0 Å². The van der Waals surface area contributed by atoms with Crippen molar-refractivity contribution in [3.8, 4) is 44.5 Å². The van der Waals surface area contributed by atoms with Crippen molar-refractivity contribution in [3.05, 3.63) is 206 Å². The quantitative estimate of drug-likeness (QED) is 0.162. The summed E-state index contributed by atoms with van der Waals surface area (Å²) >= 11 is 0. The van der Waals surface area contributed by atoms with Gasteiger partial charge >= 0.3 is 0 Å². The average Bonchev–Trinajstić information content (AvgIpc) is 3.24. The van der Waals surface area contributed by atoms with E-state index < -0.39 is 0 Å². The summed E-state index contributed by atoms with van der Waals surface area (Å²) in [5, 5.41) is 15.1. The van der Waals surface area contributed by atoms with Crippen LogP contribution in [-0.4, -0.2) is 0 Å². The van der Waals surface area contributed by atoms with Gasteiger partial charge in [0.25, 0.3) is 0 Å². The van der Waals surface area contributed by atoms with Crippen LogP contribution in [0, 0.1) is 0 Å².